The van der Waals surface area contributed by atoms with Gasteiger partial charge in [0.15, 0.2) is 0 Å². The Morgan fingerprint density at radius 2 is 1.75 bits per heavy atom. The molecule has 0 saturated carbocycles. The second-order valence-electron chi connectivity index (χ2n) is 1.95. The Balaban J connectivity index is -0.000000405. The highest BCUT2D eigenvalue weighted by Gasteiger charge is 2.11. The molecule has 0 bridgehead atoms. The number of rotatable bonds is 4. The Bertz CT molecular complexity index is 154. The predicted molar refractivity (Wildman–Crippen MR) is 48.5 cm³/mol. The van der Waals surface area contributed by atoms with Crippen molar-refractivity contribution < 1.29 is 14.7 Å². The molecule has 0 aromatic heterocycles. The molecule has 12 heavy (non-hydrogen) atoms. The first-order chi connectivity index (χ1) is 4.54. The lowest BCUT2D eigenvalue weighted by Crippen LogP contribution is -2.31. The van der Waals surface area contributed by atoms with Crippen molar-refractivity contribution in [3.8, 4) is 0 Å². The van der Waals surface area contributed by atoms with Gasteiger partial charge in [0.25, 0.3) is 0 Å². The second kappa shape index (κ2) is 8.58. The molecule has 1 amide bonds. The number of primary amides is 1. The Hall–Kier alpha value is -0.520. The molecule has 0 spiro atoms. The van der Waals surface area contributed by atoms with E-state index in [1.54, 1.807) is 0 Å². The number of halogens is 2. The van der Waals surface area contributed by atoms with Crippen LogP contribution in [0.1, 0.15) is 12.8 Å². The fourth-order valence-electron chi connectivity index (χ4n) is 0.421. The average molecular weight is 219 g/mol. The monoisotopic (exact) mass is 218 g/mol. The Morgan fingerprint density at radius 3 is 2.00 bits per heavy atom. The van der Waals surface area contributed by atoms with Crippen LogP contribution < -0.4 is 11.5 Å². The maximum atomic E-state index is 10.1. The number of amides is 1. The topological polar surface area (TPSA) is 106 Å². The van der Waals surface area contributed by atoms with Crippen molar-refractivity contribution in [1.29, 1.82) is 0 Å². The molecule has 0 saturated heterocycles. The second-order valence-corrected chi connectivity index (χ2v) is 1.95. The minimum Gasteiger partial charge on any atom is -0.480 e. The molecule has 0 aliphatic carbocycles. The van der Waals surface area contributed by atoms with E-state index in [2.05, 4.69) is 0 Å². The number of hydrogen-bond acceptors (Lipinski definition) is 3. The zero-order chi connectivity index (χ0) is 8.15. The van der Waals surface area contributed by atoms with Crippen molar-refractivity contribution in [2.75, 3.05) is 0 Å². The molecule has 0 aliphatic rings. The summed E-state index contributed by atoms with van der Waals surface area (Å²) in [7, 11) is 0. The van der Waals surface area contributed by atoms with Crippen LogP contribution in [0.5, 0.6) is 0 Å². The minimum absolute atomic E-state index is 0. The zero-order valence-electron chi connectivity index (χ0n) is 6.23. The smallest absolute Gasteiger partial charge is 0.320 e. The molecule has 0 aliphatic heterocycles. The maximum Gasteiger partial charge on any atom is 0.320 e. The van der Waals surface area contributed by atoms with Gasteiger partial charge < -0.3 is 16.6 Å². The van der Waals surface area contributed by atoms with Gasteiger partial charge in [0.2, 0.25) is 5.91 Å². The van der Waals surface area contributed by atoms with Gasteiger partial charge in [0, 0.05) is 6.42 Å². The molecular weight excluding hydrogens is 207 g/mol. The van der Waals surface area contributed by atoms with E-state index in [0.717, 1.165) is 0 Å². The summed E-state index contributed by atoms with van der Waals surface area (Å²) in [6.45, 7) is 0. The van der Waals surface area contributed by atoms with Gasteiger partial charge in [-0.1, -0.05) is 0 Å². The number of carbonyl (C=O) groups excluding carboxylic acids is 1. The van der Waals surface area contributed by atoms with Crippen LogP contribution >= 0.6 is 24.8 Å². The summed E-state index contributed by atoms with van der Waals surface area (Å²) >= 11 is 0. The summed E-state index contributed by atoms with van der Waals surface area (Å²) in [5.74, 6) is -1.64. The maximum absolute atomic E-state index is 10.1. The summed E-state index contributed by atoms with van der Waals surface area (Å²) in [4.78, 5) is 20.1. The van der Waals surface area contributed by atoms with Gasteiger partial charge in [-0.2, -0.15) is 0 Å². The van der Waals surface area contributed by atoms with Gasteiger partial charge in [-0.3, -0.25) is 9.59 Å². The first kappa shape index (κ1) is 17.5. The number of hydrogen-bond donors (Lipinski definition) is 3. The lowest BCUT2D eigenvalue weighted by molar-refractivity contribution is -0.138. The molecule has 0 rings (SSSR count). The Morgan fingerprint density at radius 1 is 1.33 bits per heavy atom. The predicted octanol–water partition coefficient (Wildman–Crippen LogP) is -0.493. The highest BCUT2D eigenvalue weighted by molar-refractivity contribution is 5.85. The van der Waals surface area contributed by atoms with Crippen molar-refractivity contribution >= 4 is 36.7 Å². The number of aliphatic carboxylic acids is 1. The van der Waals surface area contributed by atoms with Crippen LogP contribution in [0, 0.1) is 0 Å². The van der Waals surface area contributed by atoms with Crippen molar-refractivity contribution in [3.05, 3.63) is 0 Å². The molecule has 5 nitrogen and oxygen atoms in total. The van der Waals surface area contributed by atoms with Crippen LogP contribution in [-0.2, 0) is 9.59 Å². The van der Waals surface area contributed by atoms with Gasteiger partial charge in [0.1, 0.15) is 6.04 Å². The fourth-order valence-corrected chi connectivity index (χ4v) is 0.421. The standard InChI is InChI=1S/C5H10N2O3.2ClH/c6-3(5(9)10)1-2-4(7)8;;/h3H,1-2,6H2,(H2,7,8)(H,9,10);2*1H/t3-;;/m0../s1. The van der Waals surface area contributed by atoms with E-state index in [0.29, 0.717) is 0 Å². The number of nitrogens with two attached hydrogens (primary N) is 2. The van der Waals surface area contributed by atoms with E-state index < -0.39 is 17.9 Å². The summed E-state index contributed by atoms with van der Waals surface area (Å²) in [6.07, 6.45) is 0.123. The van der Waals surface area contributed by atoms with Gasteiger partial charge in [-0.15, -0.1) is 24.8 Å². The minimum atomic E-state index is -1.11. The van der Waals surface area contributed by atoms with Gasteiger partial charge in [0.05, 0.1) is 0 Å². The highest BCUT2D eigenvalue weighted by atomic mass is 35.5. The van der Waals surface area contributed by atoms with Crippen LogP contribution in [0.3, 0.4) is 0 Å². The first-order valence-electron chi connectivity index (χ1n) is 2.80. The van der Waals surface area contributed by atoms with E-state index >= 15 is 0 Å². The molecule has 0 aromatic carbocycles. The van der Waals surface area contributed by atoms with Crippen LogP contribution in [0.4, 0.5) is 0 Å². The van der Waals surface area contributed by atoms with E-state index in [-0.39, 0.29) is 37.7 Å². The summed E-state index contributed by atoms with van der Waals surface area (Å²) in [5, 5.41) is 8.22. The van der Waals surface area contributed by atoms with Crippen LogP contribution in [0.15, 0.2) is 0 Å². The van der Waals surface area contributed by atoms with E-state index in [1.807, 2.05) is 0 Å². The Kier molecular flexibility index (Phi) is 12.5. The lowest BCUT2D eigenvalue weighted by atomic mass is 10.2. The van der Waals surface area contributed by atoms with Crippen molar-refractivity contribution in [2.24, 2.45) is 11.5 Å². The van der Waals surface area contributed by atoms with E-state index in [1.165, 1.54) is 0 Å². The molecule has 5 N–H and O–H groups in total. The highest BCUT2D eigenvalue weighted by Crippen LogP contribution is 1.92. The van der Waals surface area contributed by atoms with Gasteiger partial charge >= 0.3 is 5.97 Å². The van der Waals surface area contributed by atoms with Crippen molar-refractivity contribution in [1.82, 2.24) is 0 Å². The summed E-state index contributed by atoms with van der Waals surface area (Å²) in [6, 6.07) is -0.979. The molecule has 0 fully saturated rings. The van der Waals surface area contributed by atoms with E-state index in [9.17, 15) is 9.59 Å². The SMILES string of the molecule is Cl.Cl.NC(=O)CC[C@H](N)C(=O)O. The molecule has 0 unspecified atom stereocenters. The Labute approximate surface area is 82.3 Å². The third-order valence-corrected chi connectivity index (χ3v) is 1.02. The van der Waals surface area contributed by atoms with Crippen molar-refractivity contribution in [3.63, 3.8) is 0 Å². The molecule has 1 atom stereocenters. The fraction of sp³-hybridized carbons (Fsp3) is 0.600. The number of carboxylic acid groups (broad SMARTS) is 1. The third-order valence-electron chi connectivity index (χ3n) is 1.02. The quantitative estimate of drug-likeness (QED) is 0.592. The molecule has 74 valence electrons. The van der Waals surface area contributed by atoms with Gasteiger partial charge in [-0.25, -0.2) is 0 Å². The first-order valence-corrected chi connectivity index (χ1v) is 2.80. The molecule has 7 heteroatoms. The van der Waals surface area contributed by atoms with Crippen LogP contribution in [0.25, 0.3) is 0 Å². The molecule has 0 heterocycles. The summed E-state index contributed by atoms with van der Waals surface area (Å²) in [5.41, 5.74) is 9.81. The largest absolute Gasteiger partial charge is 0.480 e. The average Bonchev–Trinajstić information content (AvgIpc) is 1.82. The molecule has 0 radical (unpaired) electrons. The zero-order valence-corrected chi connectivity index (χ0v) is 7.86. The molecule has 0 aromatic rings. The lowest BCUT2D eigenvalue weighted by Gasteiger charge is -2.01. The third kappa shape index (κ3) is 9.48. The van der Waals surface area contributed by atoms with Crippen LogP contribution in [-0.4, -0.2) is 23.0 Å². The molecular formula is C5H12Cl2N2O3. The van der Waals surface area contributed by atoms with E-state index in [4.69, 9.17) is 16.6 Å². The number of carbonyl (C=O) groups is 2. The van der Waals surface area contributed by atoms with Crippen molar-refractivity contribution in [2.45, 2.75) is 18.9 Å². The number of carboxylic acids is 1. The van der Waals surface area contributed by atoms with Gasteiger partial charge in [-0.05, 0) is 6.42 Å². The van der Waals surface area contributed by atoms with Crippen LogP contribution in [0.2, 0.25) is 0 Å². The normalized spacial score (nSPS) is 10.4. The summed E-state index contributed by atoms with van der Waals surface area (Å²) < 4.78 is 0.